The third-order valence-corrected chi connectivity index (χ3v) is 3.44. The molecule has 0 spiro atoms. The summed E-state index contributed by atoms with van der Waals surface area (Å²) in [4.78, 5) is 0. The Kier molecular flexibility index (Phi) is 3.95. The van der Waals surface area contributed by atoms with Crippen molar-refractivity contribution in [3.8, 4) is 0 Å². The zero-order valence-electron chi connectivity index (χ0n) is 11.5. The van der Waals surface area contributed by atoms with E-state index in [1.807, 2.05) is 55.5 Å². The second-order valence-corrected chi connectivity index (χ2v) is 4.83. The van der Waals surface area contributed by atoms with E-state index in [2.05, 4.69) is 24.3 Å². The molecule has 0 amide bonds. The first-order valence-electron chi connectivity index (χ1n) is 6.92. The summed E-state index contributed by atoms with van der Waals surface area (Å²) in [7, 11) is 0. The van der Waals surface area contributed by atoms with Gasteiger partial charge in [0.15, 0.2) is 6.29 Å². The molecule has 0 aromatic heterocycles. The van der Waals surface area contributed by atoms with Crippen LogP contribution in [0.4, 0.5) is 0 Å². The van der Waals surface area contributed by atoms with E-state index < -0.39 is 0 Å². The minimum Gasteiger partial charge on any atom is -0.338 e. The molecule has 2 aromatic carbocycles. The first-order valence-corrected chi connectivity index (χ1v) is 6.92. The molecule has 0 N–H and O–H groups in total. The van der Waals surface area contributed by atoms with Gasteiger partial charge < -0.3 is 9.47 Å². The van der Waals surface area contributed by atoms with Gasteiger partial charge in [0.25, 0.3) is 0 Å². The first kappa shape index (κ1) is 13.1. The second kappa shape index (κ2) is 6.04. The van der Waals surface area contributed by atoms with Crippen LogP contribution in [0, 0.1) is 0 Å². The number of ether oxygens (including phenoxy) is 2. The van der Waals surface area contributed by atoms with Crippen molar-refractivity contribution in [1.29, 1.82) is 0 Å². The van der Waals surface area contributed by atoms with Crippen molar-refractivity contribution in [2.75, 3.05) is 0 Å². The topological polar surface area (TPSA) is 18.5 Å². The minimum atomic E-state index is -0.282. The zero-order chi connectivity index (χ0) is 13.8. The van der Waals surface area contributed by atoms with E-state index in [1.54, 1.807) is 0 Å². The van der Waals surface area contributed by atoms with Gasteiger partial charge in [-0.1, -0.05) is 66.7 Å². The van der Waals surface area contributed by atoms with Crippen LogP contribution in [-0.4, -0.2) is 6.29 Å². The molecule has 1 aliphatic heterocycles. The van der Waals surface area contributed by atoms with Gasteiger partial charge in [-0.2, -0.15) is 0 Å². The Morgan fingerprint density at radius 3 is 1.60 bits per heavy atom. The van der Waals surface area contributed by atoms with Gasteiger partial charge in [0.2, 0.25) is 0 Å². The van der Waals surface area contributed by atoms with E-state index in [4.69, 9.17) is 9.47 Å². The van der Waals surface area contributed by atoms with Gasteiger partial charge in [-0.3, -0.25) is 0 Å². The number of allylic oxidation sites excluding steroid dienone is 1. The Labute approximate surface area is 119 Å². The van der Waals surface area contributed by atoms with Crippen molar-refractivity contribution in [3.05, 3.63) is 83.9 Å². The molecule has 20 heavy (non-hydrogen) atoms. The molecule has 0 aliphatic carbocycles. The fourth-order valence-corrected chi connectivity index (χ4v) is 2.50. The highest BCUT2D eigenvalue weighted by Crippen LogP contribution is 2.42. The predicted octanol–water partition coefficient (Wildman–Crippen LogP) is 4.42. The Balaban J connectivity index is 1.93. The van der Waals surface area contributed by atoms with Gasteiger partial charge in [0.1, 0.15) is 12.2 Å². The molecule has 2 nitrogen and oxygen atoms in total. The molecule has 1 saturated heterocycles. The summed E-state index contributed by atoms with van der Waals surface area (Å²) >= 11 is 0. The summed E-state index contributed by atoms with van der Waals surface area (Å²) in [6, 6.07) is 20.5. The van der Waals surface area contributed by atoms with Gasteiger partial charge in [0.05, 0.1) is 0 Å². The van der Waals surface area contributed by atoms with Gasteiger partial charge in [0, 0.05) is 0 Å². The van der Waals surface area contributed by atoms with Crippen molar-refractivity contribution in [2.24, 2.45) is 0 Å². The molecular formula is C18H18O2. The SMILES string of the molecule is C/C=C/C1O[C@H](c2ccccc2)[C@@H](c2ccccc2)O1. The van der Waals surface area contributed by atoms with Crippen LogP contribution in [0.25, 0.3) is 0 Å². The molecule has 2 heteroatoms. The maximum atomic E-state index is 6.05. The third kappa shape index (κ3) is 2.67. The molecule has 0 bridgehead atoms. The Morgan fingerprint density at radius 2 is 1.20 bits per heavy atom. The Bertz CT molecular complexity index is 515. The maximum absolute atomic E-state index is 6.05. The number of benzene rings is 2. The summed E-state index contributed by atoms with van der Waals surface area (Å²) in [5, 5.41) is 0. The quantitative estimate of drug-likeness (QED) is 0.766. The number of hydrogen-bond donors (Lipinski definition) is 0. The summed E-state index contributed by atoms with van der Waals surface area (Å²) in [6.07, 6.45) is 3.48. The highest BCUT2D eigenvalue weighted by Gasteiger charge is 2.36. The lowest BCUT2D eigenvalue weighted by molar-refractivity contribution is -0.0291. The van der Waals surface area contributed by atoms with E-state index in [0.29, 0.717) is 0 Å². The lowest BCUT2D eigenvalue weighted by Crippen LogP contribution is -2.06. The smallest absolute Gasteiger partial charge is 0.178 e. The number of hydrogen-bond acceptors (Lipinski definition) is 2. The van der Waals surface area contributed by atoms with E-state index in [-0.39, 0.29) is 18.5 Å². The minimum absolute atomic E-state index is 0.0696. The van der Waals surface area contributed by atoms with Crippen LogP contribution >= 0.6 is 0 Å². The largest absolute Gasteiger partial charge is 0.338 e. The molecule has 0 radical (unpaired) electrons. The number of rotatable bonds is 3. The lowest BCUT2D eigenvalue weighted by Gasteiger charge is -2.17. The van der Waals surface area contributed by atoms with Crippen LogP contribution in [-0.2, 0) is 9.47 Å². The van der Waals surface area contributed by atoms with E-state index >= 15 is 0 Å². The van der Waals surface area contributed by atoms with Gasteiger partial charge in [-0.15, -0.1) is 0 Å². The Morgan fingerprint density at radius 1 is 0.750 bits per heavy atom. The average Bonchev–Trinajstić information content (AvgIpc) is 2.93. The van der Waals surface area contributed by atoms with E-state index in [1.165, 1.54) is 0 Å². The van der Waals surface area contributed by atoms with Crippen molar-refractivity contribution in [2.45, 2.75) is 25.4 Å². The van der Waals surface area contributed by atoms with Gasteiger partial charge >= 0.3 is 0 Å². The highest BCUT2D eigenvalue weighted by molar-refractivity contribution is 5.26. The molecule has 1 fully saturated rings. The van der Waals surface area contributed by atoms with Crippen LogP contribution in [0.3, 0.4) is 0 Å². The fourth-order valence-electron chi connectivity index (χ4n) is 2.50. The van der Waals surface area contributed by atoms with Crippen molar-refractivity contribution in [3.63, 3.8) is 0 Å². The summed E-state index contributed by atoms with van der Waals surface area (Å²) in [5.41, 5.74) is 2.29. The Hall–Kier alpha value is -1.90. The molecule has 1 heterocycles. The van der Waals surface area contributed by atoms with Crippen LogP contribution in [0.1, 0.15) is 30.3 Å². The zero-order valence-corrected chi connectivity index (χ0v) is 11.5. The molecule has 3 rings (SSSR count). The summed E-state index contributed by atoms with van der Waals surface area (Å²) < 4.78 is 12.1. The fraction of sp³-hybridized carbons (Fsp3) is 0.222. The molecule has 0 unspecified atom stereocenters. The lowest BCUT2D eigenvalue weighted by atomic mass is 9.99. The monoisotopic (exact) mass is 266 g/mol. The molecule has 0 saturated carbocycles. The maximum Gasteiger partial charge on any atom is 0.178 e. The third-order valence-electron chi connectivity index (χ3n) is 3.44. The van der Waals surface area contributed by atoms with E-state index in [0.717, 1.165) is 11.1 Å². The van der Waals surface area contributed by atoms with Crippen molar-refractivity contribution in [1.82, 2.24) is 0 Å². The van der Waals surface area contributed by atoms with Gasteiger partial charge in [-0.05, 0) is 24.1 Å². The molecule has 2 aromatic rings. The highest BCUT2D eigenvalue weighted by atomic mass is 16.7. The normalized spacial score (nSPS) is 23.4. The predicted molar refractivity (Wildman–Crippen MR) is 79.1 cm³/mol. The van der Waals surface area contributed by atoms with Crippen LogP contribution in [0.2, 0.25) is 0 Å². The van der Waals surface area contributed by atoms with Crippen molar-refractivity contribution < 1.29 is 9.47 Å². The van der Waals surface area contributed by atoms with Crippen LogP contribution in [0.5, 0.6) is 0 Å². The summed E-state index contributed by atoms with van der Waals surface area (Å²) in [6.45, 7) is 1.97. The average molecular weight is 266 g/mol. The van der Waals surface area contributed by atoms with E-state index in [9.17, 15) is 0 Å². The summed E-state index contributed by atoms with van der Waals surface area (Å²) in [5.74, 6) is 0. The second-order valence-electron chi connectivity index (χ2n) is 4.83. The standard InChI is InChI=1S/C18H18O2/c1-2-9-16-19-17(14-10-5-3-6-11-14)18(20-16)15-12-7-4-8-13-15/h2-13,16-18H,1H3/b9-2+/t17-,18-/m1/s1. The molecule has 1 aliphatic rings. The first-order chi connectivity index (χ1) is 9.88. The molecule has 102 valence electrons. The van der Waals surface area contributed by atoms with Crippen LogP contribution < -0.4 is 0 Å². The molecule has 2 atom stereocenters. The van der Waals surface area contributed by atoms with Crippen molar-refractivity contribution >= 4 is 0 Å². The molecular weight excluding hydrogens is 248 g/mol. The van der Waals surface area contributed by atoms with Gasteiger partial charge in [-0.25, -0.2) is 0 Å². The van der Waals surface area contributed by atoms with Crippen LogP contribution in [0.15, 0.2) is 72.8 Å².